The molecule has 4 nitrogen and oxygen atoms in total. The van der Waals surface area contributed by atoms with Gasteiger partial charge >= 0.3 is 0 Å². The lowest BCUT2D eigenvalue weighted by molar-refractivity contribution is -0.128. The van der Waals surface area contributed by atoms with E-state index in [1.165, 1.54) is 32.4 Å². The Hall–Kier alpha value is -0.610. The van der Waals surface area contributed by atoms with Crippen molar-refractivity contribution in [2.24, 2.45) is 0 Å². The van der Waals surface area contributed by atoms with Gasteiger partial charge in [0.05, 0.1) is 12.7 Å². The standard InChI is InChI=1S/C11H21N3O/c1-10-11(15)14(9-12-10)8-7-13-5-3-2-4-6-13/h10,12H,2-9H2,1H3. The monoisotopic (exact) mass is 211 g/mol. The summed E-state index contributed by atoms with van der Waals surface area (Å²) >= 11 is 0. The molecule has 0 aromatic heterocycles. The van der Waals surface area contributed by atoms with E-state index in [4.69, 9.17) is 0 Å². The van der Waals surface area contributed by atoms with E-state index in [1.807, 2.05) is 11.8 Å². The van der Waals surface area contributed by atoms with Gasteiger partial charge in [0.15, 0.2) is 0 Å². The molecule has 2 rings (SSSR count). The summed E-state index contributed by atoms with van der Waals surface area (Å²) in [6.07, 6.45) is 4.02. The number of rotatable bonds is 3. The van der Waals surface area contributed by atoms with Gasteiger partial charge < -0.3 is 9.80 Å². The number of carbonyl (C=O) groups is 1. The van der Waals surface area contributed by atoms with Crippen molar-refractivity contribution < 1.29 is 4.79 Å². The van der Waals surface area contributed by atoms with Crippen molar-refractivity contribution in [1.29, 1.82) is 0 Å². The van der Waals surface area contributed by atoms with E-state index in [1.54, 1.807) is 0 Å². The van der Waals surface area contributed by atoms with Crippen LogP contribution < -0.4 is 5.32 Å². The van der Waals surface area contributed by atoms with Crippen LogP contribution >= 0.6 is 0 Å². The highest BCUT2D eigenvalue weighted by molar-refractivity contribution is 5.83. The van der Waals surface area contributed by atoms with Crippen LogP contribution in [0.2, 0.25) is 0 Å². The molecule has 2 fully saturated rings. The third-order valence-electron chi connectivity index (χ3n) is 3.41. The number of hydrogen-bond acceptors (Lipinski definition) is 3. The van der Waals surface area contributed by atoms with Crippen molar-refractivity contribution in [2.75, 3.05) is 32.8 Å². The Morgan fingerprint density at radius 1 is 1.27 bits per heavy atom. The maximum atomic E-state index is 11.6. The van der Waals surface area contributed by atoms with E-state index in [9.17, 15) is 4.79 Å². The second-order valence-electron chi connectivity index (χ2n) is 4.59. The first-order valence-electron chi connectivity index (χ1n) is 6.02. The fourth-order valence-electron chi connectivity index (χ4n) is 2.32. The Kier molecular flexibility index (Phi) is 3.59. The van der Waals surface area contributed by atoms with Gasteiger partial charge in [-0.25, -0.2) is 0 Å². The highest BCUT2D eigenvalue weighted by atomic mass is 16.2. The number of likely N-dealkylation sites (tertiary alicyclic amines) is 1. The molecule has 0 aromatic rings. The zero-order valence-corrected chi connectivity index (χ0v) is 9.54. The summed E-state index contributed by atoms with van der Waals surface area (Å²) in [6, 6.07) is 0.0198. The Bertz CT molecular complexity index is 226. The van der Waals surface area contributed by atoms with Gasteiger partial charge in [-0.15, -0.1) is 0 Å². The van der Waals surface area contributed by atoms with E-state index >= 15 is 0 Å². The number of nitrogens with zero attached hydrogens (tertiary/aromatic N) is 2. The Morgan fingerprint density at radius 3 is 2.60 bits per heavy atom. The Balaban J connectivity index is 1.71. The number of hydrogen-bond donors (Lipinski definition) is 1. The smallest absolute Gasteiger partial charge is 0.240 e. The molecule has 2 saturated heterocycles. The van der Waals surface area contributed by atoms with Crippen LogP contribution in [0.1, 0.15) is 26.2 Å². The minimum absolute atomic E-state index is 0.0198. The summed E-state index contributed by atoms with van der Waals surface area (Å²) in [5.74, 6) is 0.256. The van der Waals surface area contributed by atoms with Crippen LogP contribution in [0, 0.1) is 0 Å². The van der Waals surface area contributed by atoms with Gasteiger partial charge in [-0.3, -0.25) is 10.1 Å². The highest BCUT2D eigenvalue weighted by Crippen LogP contribution is 2.09. The number of piperidine rings is 1. The first-order chi connectivity index (χ1) is 7.27. The molecule has 0 aromatic carbocycles. The molecule has 2 aliphatic rings. The molecular weight excluding hydrogens is 190 g/mol. The minimum Gasteiger partial charge on any atom is -0.327 e. The van der Waals surface area contributed by atoms with Gasteiger partial charge in [0.25, 0.3) is 0 Å². The van der Waals surface area contributed by atoms with Crippen LogP contribution in [0.3, 0.4) is 0 Å². The Morgan fingerprint density at radius 2 is 2.00 bits per heavy atom. The van der Waals surface area contributed by atoms with Crippen molar-refractivity contribution in [3.05, 3.63) is 0 Å². The molecule has 2 aliphatic heterocycles. The quantitative estimate of drug-likeness (QED) is 0.727. The molecule has 0 bridgehead atoms. The fraction of sp³-hybridized carbons (Fsp3) is 0.909. The first kappa shape index (κ1) is 10.9. The molecule has 1 unspecified atom stereocenters. The number of carbonyl (C=O) groups excluding carboxylic acids is 1. The van der Waals surface area contributed by atoms with Gasteiger partial charge in [-0.1, -0.05) is 6.42 Å². The van der Waals surface area contributed by atoms with Crippen LogP contribution in [0.15, 0.2) is 0 Å². The average molecular weight is 211 g/mol. The topological polar surface area (TPSA) is 35.6 Å². The summed E-state index contributed by atoms with van der Waals surface area (Å²) in [5, 5.41) is 3.16. The van der Waals surface area contributed by atoms with Crippen molar-refractivity contribution >= 4 is 5.91 Å². The highest BCUT2D eigenvalue weighted by Gasteiger charge is 2.27. The average Bonchev–Trinajstić information content (AvgIpc) is 2.59. The van der Waals surface area contributed by atoms with Crippen molar-refractivity contribution in [3.8, 4) is 0 Å². The molecule has 2 heterocycles. The molecule has 0 saturated carbocycles. The van der Waals surface area contributed by atoms with E-state index < -0.39 is 0 Å². The summed E-state index contributed by atoms with van der Waals surface area (Å²) in [4.78, 5) is 16.0. The minimum atomic E-state index is 0.0198. The zero-order chi connectivity index (χ0) is 10.7. The van der Waals surface area contributed by atoms with Crippen molar-refractivity contribution in [2.45, 2.75) is 32.2 Å². The summed E-state index contributed by atoms with van der Waals surface area (Å²) < 4.78 is 0. The predicted octanol–water partition coefficient (Wildman–Crippen LogP) is 0.250. The molecule has 86 valence electrons. The zero-order valence-electron chi connectivity index (χ0n) is 9.54. The molecule has 1 atom stereocenters. The molecule has 0 aliphatic carbocycles. The lowest BCUT2D eigenvalue weighted by Crippen LogP contribution is -2.39. The maximum Gasteiger partial charge on any atom is 0.240 e. The van der Waals surface area contributed by atoms with E-state index in [2.05, 4.69) is 10.2 Å². The molecule has 0 radical (unpaired) electrons. The SMILES string of the molecule is CC1NCN(CCN2CCCCC2)C1=O. The van der Waals surface area contributed by atoms with Crippen LogP contribution in [-0.2, 0) is 4.79 Å². The largest absolute Gasteiger partial charge is 0.327 e. The van der Waals surface area contributed by atoms with Gasteiger partial charge in [-0.2, -0.15) is 0 Å². The molecule has 1 amide bonds. The van der Waals surface area contributed by atoms with Gasteiger partial charge in [0.1, 0.15) is 0 Å². The van der Waals surface area contributed by atoms with Crippen LogP contribution in [-0.4, -0.2) is 54.6 Å². The van der Waals surface area contributed by atoms with Crippen LogP contribution in [0.4, 0.5) is 0 Å². The van der Waals surface area contributed by atoms with Gasteiger partial charge in [0, 0.05) is 13.1 Å². The number of nitrogens with one attached hydrogen (secondary N) is 1. The molecule has 1 N–H and O–H groups in total. The van der Waals surface area contributed by atoms with Gasteiger partial charge in [-0.05, 0) is 32.9 Å². The molecule has 4 heteroatoms. The molecule has 0 spiro atoms. The molecule has 15 heavy (non-hydrogen) atoms. The molecular formula is C11H21N3O. The van der Waals surface area contributed by atoms with Crippen LogP contribution in [0.5, 0.6) is 0 Å². The second kappa shape index (κ2) is 4.94. The fourth-order valence-corrected chi connectivity index (χ4v) is 2.32. The number of amides is 1. The third kappa shape index (κ3) is 2.69. The first-order valence-corrected chi connectivity index (χ1v) is 6.02. The maximum absolute atomic E-state index is 11.6. The lowest BCUT2D eigenvalue weighted by atomic mass is 10.1. The third-order valence-corrected chi connectivity index (χ3v) is 3.41. The van der Waals surface area contributed by atoms with E-state index in [0.717, 1.165) is 19.8 Å². The van der Waals surface area contributed by atoms with Crippen molar-refractivity contribution in [1.82, 2.24) is 15.1 Å². The van der Waals surface area contributed by atoms with E-state index in [-0.39, 0.29) is 11.9 Å². The lowest BCUT2D eigenvalue weighted by Gasteiger charge is -2.28. The van der Waals surface area contributed by atoms with Gasteiger partial charge in [0.2, 0.25) is 5.91 Å². The summed E-state index contributed by atoms with van der Waals surface area (Å²) in [7, 11) is 0. The van der Waals surface area contributed by atoms with Crippen molar-refractivity contribution in [3.63, 3.8) is 0 Å². The second-order valence-corrected chi connectivity index (χ2v) is 4.59. The predicted molar refractivity (Wildman–Crippen MR) is 59.5 cm³/mol. The Labute approximate surface area is 91.6 Å². The summed E-state index contributed by atoms with van der Waals surface area (Å²) in [5.41, 5.74) is 0. The summed E-state index contributed by atoms with van der Waals surface area (Å²) in [6.45, 7) is 7.02. The normalized spacial score (nSPS) is 28.7. The van der Waals surface area contributed by atoms with E-state index in [0.29, 0.717) is 0 Å². The van der Waals surface area contributed by atoms with Crippen LogP contribution in [0.25, 0.3) is 0 Å².